The molecule has 1 aliphatic heterocycles. The molecule has 0 saturated heterocycles. The predicted octanol–water partition coefficient (Wildman–Crippen LogP) is 3.23. The van der Waals surface area contributed by atoms with Crippen LogP contribution in [-0.4, -0.2) is 39.9 Å². The van der Waals surface area contributed by atoms with Gasteiger partial charge in [-0.1, -0.05) is 17.7 Å². The van der Waals surface area contributed by atoms with Gasteiger partial charge in [0.05, 0.1) is 19.3 Å². The van der Waals surface area contributed by atoms with Crippen LogP contribution in [0.4, 0.5) is 4.79 Å². The lowest BCUT2D eigenvalue weighted by Gasteiger charge is -2.28. The summed E-state index contributed by atoms with van der Waals surface area (Å²) in [6.07, 6.45) is 4.76. The van der Waals surface area contributed by atoms with Crippen LogP contribution in [0.2, 0.25) is 0 Å². The molecular weight excluding hydrogens is 340 g/mol. The first kappa shape index (κ1) is 17.9. The van der Waals surface area contributed by atoms with Crippen LogP contribution in [0.25, 0.3) is 0 Å². The van der Waals surface area contributed by atoms with Crippen molar-refractivity contribution in [2.45, 2.75) is 58.7 Å². The minimum atomic E-state index is -0.00276. The molecule has 4 rings (SSSR count). The molecule has 144 valence electrons. The molecule has 2 heterocycles. The minimum Gasteiger partial charge on any atom is -0.491 e. The molecule has 2 amide bonds. The number of carbonyl (C=O) groups is 1. The lowest BCUT2D eigenvalue weighted by atomic mass is 9.93. The highest BCUT2D eigenvalue weighted by Crippen LogP contribution is 2.26. The monoisotopic (exact) mass is 368 g/mol. The van der Waals surface area contributed by atoms with Gasteiger partial charge in [0.2, 0.25) is 0 Å². The SMILES string of the molecule is Cc1ccc2c(c1)CN(C(=O)NC1CCc3cnn(C(C)C)c3C1)CCO2. The van der Waals surface area contributed by atoms with Crippen LogP contribution >= 0.6 is 0 Å². The maximum Gasteiger partial charge on any atom is 0.318 e. The fourth-order valence-electron chi connectivity index (χ4n) is 4.05. The van der Waals surface area contributed by atoms with E-state index in [2.05, 4.69) is 41.9 Å². The summed E-state index contributed by atoms with van der Waals surface area (Å²) in [5.41, 5.74) is 4.84. The van der Waals surface area contributed by atoms with Gasteiger partial charge in [0, 0.05) is 29.8 Å². The molecule has 1 aromatic heterocycles. The fraction of sp³-hybridized carbons (Fsp3) is 0.524. The summed E-state index contributed by atoms with van der Waals surface area (Å²) in [6.45, 7) is 8.07. The Hall–Kier alpha value is -2.50. The summed E-state index contributed by atoms with van der Waals surface area (Å²) < 4.78 is 7.91. The molecular formula is C21H28N4O2. The summed E-state index contributed by atoms with van der Waals surface area (Å²) >= 11 is 0. The molecule has 1 N–H and O–H groups in total. The number of aromatic nitrogens is 2. The third kappa shape index (κ3) is 3.66. The fourth-order valence-corrected chi connectivity index (χ4v) is 4.05. The van der Waals surface area contributed by atoms with Crippen molar-refractivity contribution in [2.75, 3.05) is 13.2 Å². The lowest BCUT2D eigenvalue weighted by Crippen LogP contribution is -2.47. The molecule has 1 aliphatic carbocycles. The number of amides is 2. The van der Waals surface area contributed by atoms with E-state index in [1.165, 1.54) is 16.8 Å². The topological polar surface area (TPSA) is 59.4 Å². The van der Waals surface area contributed by atoms with Crippen LogP contribution < -0.4 is 10.1 Å². The normalized spacial score (nSPS) is 19.1. The van der Waals surface area contributed by atoms with Gasteiger partial charge in [-0.3, -0.25) is 4.68 Å². The van der Waals surface area contributed by atoms with Crippen LogP contribution in [0, 0.1) is 6.92 Å². The van der Waals surface area contributed by atoms with Crippen molar-refractivity contribution in [3.8, 4) is 5.75 Å². The van der Waals surface area contributed by atoms with Crippen molar-refractivity contribution in [1.29, 1.82) is 0 Å². The molecule has 1 atom stereocenters. The average molecular weight is 368 g/mol. The van der Waals surface area contributed by atoms with Gasteiger partial charge in [-0.15, -0.1) is 0 Å². The zero-order valence-electron chi connectivity index (χ0n) is 16.4. The molecule has 1 aromatic carbocycles. The van der Waals surface area contributed by atoms with E-state index in [1.54, 1.807) is 0 Å². The molecule has 2 aliphatic rings. The van der Waals surface area contributed by atoms with E-state index in [0.717, 1.165) is 30.6 Å². The summed E-state index contributed by atoms with van der Waals surface area (Å²) in [4.78, 5) is 14.8. The van der Waals surface area contributed by atoms with Crippen molar-refractivity contribution in [1.82, 2.24) is 20.0 Å². The standard InChI is InChI=1S/C21H28N4O2/c1-14(2)25-19-11-18(6-5-16(19)12-22-25)23-21(26)24-8-9-27-20-7-4-15(3)10-17(20)13-24/h4,7,10,12,14,18H,5-6,8-9,11,13H2,1-3H3,(H,23,26). The van der Waals surface area contributed by atoms with Crippen LogP contribution in [0.5, 0.6) is 5.75 Å². The zero-order valence-corrected chi connectivity index (χ0v) is 16.4. The van der Waals surface area contributed by atoms with Crippen LogP contribution in [0.15, 0.2) is 24.4 Å². The second kappa shape index (κ2) is 7.25. The Balaban J connectivity index is 1.44. The van der Waals surface area contributed by atoms with Gasteiger partial charge in [0.15, 0.2) is 0 Å². The molecule has 6 nitrogen and oxygen atoms in total. The van der Waals surface area contributed by atoms with E-state index >= 15 is 0 Å². The number of hydrogen-bond donors (Lipinski definition) is 1. The predicted molar refractivity (Wildman–Crippen MR) is 104 cm³/mol. The maximum atomic E-state index is 12.9. The molecule has 27 heavy (non-hydrogen) atoms. The molecule has 2 aromatic rings. The smallest absolute Gasteiger partial charge is 0.318 e. The Morgan fingerprint density at radius 3 is 3.00 bits per heavy atom. The van der Waals surface area contributed by atoms with E-state index in [4.69, 9.17) is 4.74 Å². The number of urea groups is 1. The van der Waals surface area contributed by atoms with Crippen molar-refractivity contribution in [3.63, 3.8) is 0 Å². The third-order valence-corrected chi connectivity index (χ3v) is 5.49. The highest BCUT2D eigenvalue weighted by molar-refractivity contribution is 5.75. The number of nitrogens with one attached hydrogen (secondary N) is 1. The van der Waals surface area contributed by atoms with Gasteiger partial charge in [0.1, 0.15) is 12.4 Å². The molecule has 0 radical (unpaired) electrons. The van der Waals surface area contributed by atoms with E-state index in [0.29, 0.717) is 25.7 Å². The van der Waals surface area contributed by atoms with Crippen LogP contribution in [0.3, 0.4) is 0 Å². The number of nitrogens with zero attached hydrogens (tertiary/aromatic N) is 3. The van der Waals surface area contributed by atoms with E-state index < -0.39 is 0 Å². The minimum absolute atomic E-state index is 0.00276. The van der Waals surface area contributed by atoms with Gasteiger partial charge < -0.3 is 15.0 Å². The number of ether oxygens (including phenoxy) is 1. The van der Waals surface area contributed by atoms with Crippen LogP contribution in [-0.2, 0) is 19.4 Å². The van der Waals surface area contributed by atoms with Gasteiger partial charge in [-0.05, 0) is 45.2 Å². The van der Waals surface area contributed by atoms with Crippen molar-refractivity contribution in [2.24, 2.45) is 0 Å². The van der Waals surface area contributed by atoms with Gasteiger partial charge in [0.25, 0.3) is 0 Å². The highest BCUT2D eigenvalue weighted by Gasteiger charge is 2.27. The van der Waals surface area contributed by atoms with Crippen molar-refractivity contribution in [3.05, 3.63) is 46.8 Å². The largest absolute Gasteiger partial charge is 0.491 e. The molecule has 0 saturated carbocycles. The molecule has 1 unspecified atom stereocenters. The highest BCUT2D eigenvalue weighted by atomic mass is 16.5. The Morgan fingerprint density at radius 1 is 1.33 bits per heavy atom. The quantitative estimate of drug-likeness (QED) is 0.885. The van der Waals surface area contributed by atoms with Crippen molar-refractivity contribution >= 4 is 6.03 Å². The van der Waals surface area contributed by atoms with Gasteiger partial charge in [-0.2, -0.15) is 5.10 Å². The maximum absolute atomic E-state index is 12.9. The van der Waals surface area contributed by atoms with Crippen LogP contribution in [0.1, 0.15) is 48.7 Å². The number of benzene rings is 1. The van der Waals surface area contributed by atoms with Crippen molar-refractivity contribution < 1.29 is 9.53 Å². The number of carbonyl (C=O) groups excluding carboxylic acids is 1. The first-order chi connectivity index (χ1) is 13.0. The van der Waals surface area contributed by atoms with Gasteiger partial charge in [-0.25, -0.2) is 4.79 Å². The molecule has 0 bridgehead atoms. The second-order valence-electron chi connectivity index (χ2n) is 7.93. The molecule has 0 spiro atoms. The number of rotatable bonds is 2. The Morgan fingerprint density at radius 2 is 2.19 bits per heavy atom. The van der Waals surface area contributed by atoms with E-state index in [9.17, 15) is 4.79 Å². The number of aryl methyl sites for hydroxylation is 2. The Kier molecular flexibility index (Phi) is 4.81. The first-order valence-corrected chi connectivity index (χ1v) is 9.84. The zero-order chi connectivity index (χ0) is 19.0. The summed E-state index contributed by atoms with van der Waals surface area (Å²) in [6, 6.07) is 6.64. The summed E-state index contributed by atoms with van der Waals surface area (Å²) in [7, 11) is 0. The Labute approximate surface area is 160 Å². The Bertz CT molecular complexity index is 843. The number of hydrogen-bond acceptors (Lipinski definition) is 3. The molecule has 0 fully saturated rings. The van der Waals surface area contributed by atoms with E-state index in [-0.39, 0.29) is 12.1 Å². The summed E-state index contributed by atoms with van der Waals surface area (Å²) in [5.74, 6) is 0.888. The van der Waals surface area contributed by atoms with Gasteiger partial charge >= 0.3 is 6.03 Å². The lowest BCUT2D eigenvalue weighted by molar-refractivity contribution is 0.182. The second-order valence-corrected chi connectivity index (χ2v) is 7.93. The van der Waals surface area contributed by atoms with E-state index in [1.807, 2.05) is 23.2 Å². The average Bonchev–Trinajstić information content (AvgIpc) is 2.94. The number of fused-ring (bicyclic) bond motifs is 2. The molecule has 6 heteroatoms. The first-order valence-electron chi connectivity index (χ1n) is 9.84. The third-order valence-electron chi connectivity index (χ3n) is 5.49. The summed E-state index contributed by atoms with van der Waals surface area (Å²) in [5, 5.41) is 7.77.